The van der Waals surface area contributed by atoms with E-state index in [0.717, 1.165) is 0 Å². The fraction of sp³-hybridized carbons (Fsp3) is 0.333. The fourth-order valence-corrected chi connectivity index (χ4v) is 2.17. The molecule has 3 nitrogen and oxygen atoms in total. The Kier molecular flexibility index (Phi) is 4.85. The van der Waals surface area contributed by atoms with E-state index in [0.29, 0.717) is 3.70 Å². The molecule has 1 rings (SSSR count). The van der Waals surface area contributed by atoms with Crippen molar-refractivity contribution in [2.24, 2.45) is 0 Å². The van der Waals surface area contributed by atoms with Gasteiger partial charge < -0.3 is 5.11 Å². The van der Waals surface area contributed by atoms with Crippen LogP contribution in [0.25, 0.3) is 0 Å². The predicted octanol–water partition coefficient (Wildman–Crippen LogP) is 2.99. The normalized spacial score (nSPS) is 10.8. The van der Waals surface area contributed by atoms with E-state index in [1.165, 1.54) is 6.07 Å². The van der Waals surface area contributed by atoms with Gasteiger partial charge in [-0.2, -0.15) is 0 Å². The molecule has 0 aromatic carbocycles. The lowest BCUT2D eigenvalue weighted by Gasteiger charge is -2.11. The number of rotatable bonds is 4. The van der Waals surface area contributed by atoms with Crippen LogP contribution in [0.2, 0.25) is 0 Å². The van der Waals surface area contributed by atoms with Crippen LogP contribution in [-0.4, -0.2) is 16.1 Å². The van der Waals surface area contributed by atoms with Gasteiger partial charge in [0.25, 0.3) is 6.43 Å². The van der Waals surface area contributed by atoms with E-state index < -0.39 is 18.8 Å². The monoisotopic (exact) mass is 361 g/mol. The third kappa shape index (κ3) is 3.24. The second kappa shape index (κ2) is 5.72. The van der Waals surface area contributed by atoms with Crippen molar-refractivity contribution >= 4 is 40.2 Å². The number of carboxylic acid groups (broad SMARTS) is 1. The van der Waals surface area contributed by atoms with Crippen LogP contribution in [0, 0.1) is 3.70 Å². The molecule has 1 heterocycles. The Hall–Kier alpha value is -0.500. The van der Waals surface area contributed by atoms with Gasteiger partial charge >= 0.3 is 5.97 Å². The maximum Gasteiger partial charge on any atom is 0.309 e. The quantitative estimate of drug-likeness (QED) is 0.510. The molecule has 0 atom stereocenters. The van der Waals surface area contributed by atoms with Gasteiger partial charge in [0, 0.05) is 11.4 Å². The first-order chi connectivity index (χ1) is 7.45. The van der Waals surface area contributed by atoms with Crippen molar-refractivity contribution in [3.8, 4) is 0 Å². The van der Waals surface area contributed by atoms with Crippen molar-refractivity contribution in [1.82, 2.24) is 4.98 Å². The summed E-state index contributed by atoms with van der Waals surface area (Å²) in [5.74, 6) is -1.29. The number of nitrogens with zero attached hydrogens (tertiary/aromatic N) is 1. The third-order valence-electron chi connectivity index (χ3n) is 1.87. The van der Waals surface area contributed by atoms with Gasteiger partial charge in [-0.1, -0.05) is 0 Å². The van der Waals surface area contributed by atoms with E-state index >= 15 is 0 Å². The Labute approximate surface area is 109 Å². The Morgan fingerprint density at radius 1 is 1.62 bits per heavy atom. The summed E-state index contributed by atoms with van der Waals surface area (Å²) < 4.78 is 26.0. The Balaban J connectivity index is 3.32. The Bertz CT molecular complexity index is 415. The summed E-state index contributed by atoms with van der Waals surface area (Å²) in [6.07, 6.45) is -3.30. The molecule has 0 spiro atoms. The van der Waals surface area contributed by atoms with Crippen LogP contribution in [-0.2, 0) is 17.1 Å². The molecule has 0 aliphatic carbocycles. The first-order valence-electron chi connectivity index (χ1n) is 4.19. The minimum Gasteiger partial charge on any atom is -0.481 e. The lowest BCUT2D eigenvalue weighted by atomic mass is 10.1. The number of aliphatic carboxylic acids is 1. The number of hydrogen-bond donors (Lipinski definition) is 1. The number of carboxylic acids is 1. The van der Waals surface area contributed by atoms with Crippen molar-refractivity contribution in [3.63, 3.8) is 0 Å². The van der Waals surface area contributed by atoms with Crippen LogP contribution in [0.5, 0.6) is 0 Å². The van der Waals surface area contributed by atoms with Gasteiger partial charge in [0.2, 0.25) is 0 Å². The zero-order valence-corrected chi connectivity index (χ0v) is 10.8. The van der Waals surface area contributed by atoms with E-state index in [1.54, 1.807) is 0 Å². The SMILES string of the molecule is O=C(O)Cc1nc(I)cc(CCl)c1C(F)F. The van der Waals surface area contributed by atoms with E-state index in [1.807, 2.05) is 22.6 Å². The van der Waals surface area contributed by atoms with Crippen LogP contribution in [0.15, 0.2) is 6.07 Å². The van der Waals surface area contributed by atoms with Gasteiger partial charge in [0.15, 0.2) is 0 Å². The van der Waals surface area contributed by atoms with Crippen LogP contribution in [0.4, 0.5) is 8.78 Å². The van der Waals surface area contributed by atoms with Crippen molar-refractivity contribution in [3.05, 3.63) is 26.6 Å². The summed E-state index contributed by atoms with van der Waals surface area (Å²) >= 11 is 7.38. The number of carbonyl (C=O) groups is 1. The smallest absolute Gasteiger partial charge is 0.309 e. The third-order valence-corrected chi connectivity index (χ3v) is 2.71. The van der Waals surface area contributed by atoms with Crippen molar-refractivity contribution in [2.75, 3.05) is 0 Å². The largest absolute Gasteiger partial charge is 0.481 e. The number of hydrogen-bond acceptors (Lipinski definition) is 2. The molecular weight excluding hydrogens is 354 g/mol. The maximum atomic E-state index is 12.8. The highest BCUT2D eigenvalue weighted by Crippen LogP contribution is 2.28. The number of alkyl halides is 3. The maximum absolute atomic E-state index is 12.8. The number of halogens is 4. The highest BCUT2D eigenvalue weighted by Gasteiger charge is 2.21. The van der Waals surface area contributed by atoms with E-state index in [-0.39, 0.29) is 22.7 Å². The summed E-state index contributed by atoms with van der Waals surface area (Å²) in [6.45, 7) is 0. The molecule has 7 heteroatoms. The molecule has 0 aliphatic rings. The van der Waals surface area contributed by atoms with Gasteiger partial charge in [-0.15, -0.1) is 11.6 Å². The van der Waals surface area contributed by atoms with Crippen molar-refractivity contribution < 1.29 is 18.7 Å². The minimum atomic E-state index is -2.77. The molecule has 0 fully saturated rings. The van der Waals surface area contributed by atoms with Crippen molar-refractivity contribution in [2.45, 2.75) is 18.7 Å². The van der Waals surface area contributed by atoms with Crippen molar-refractivity contribution in [1.29, 1.82) is 0 Å². The Morgan fingerprint density at radius 3 is 2.69 bits per heavy atom. The second-order valence-corrected chi connectivity index (χ2v) is 4.34. The minimum absolute atomic E-state index is 0.0924. The molecule has 1 N–H and O–H groups in total. The van der Waals surface area contributed by atoms with Gasteiger partial charge in [-0.3, -0.25) is 4.79 Å². The second-order valence-electron chi connectivity index (χ2n) is 2.97. The zero-order chi connectivity index (χ0) is 12.3. The molecule has 88 valence electrons. The summed E-state index contributed by atoms with van der Waals surface area (Å²) in [5.41, 5.74) is -0.254. The first-order valence-corrected chi connectivity index (χ1v) is 5.81. The van der Waals surface area contributed by atoms with Gasteiger partial charge in [0.1, 0.15) is 3.70 Å². The fourth-order valence-electron chi connectivity index (χ4n) is 1.28. The molecule has 16 heavy (non-hydrogen) atoms. The van der Waals surface area contributed by atoms with Crippen LogP contribution < -0.4 is 0 Å². The molecule has 0 radical (unpaired) electrons. The van der Waals surface area contributed by atoms with Gasteiger partial charge in [-0.25, -0.2) is 13.8 Å². The van der Waals surface area contributed by atoms with Crippen LogP contribution in [0.1, 0.15) is 23.2 Å². The molecule has 0 bridgehead atoms. The standard InChI is InChI=1S/C9H7ClF2INO2/c10-3-4-1-6(13)14-5(2-7(15)16)8(4)9(11)12/h1,9H,2-3H2,(H,15,16). The Morgan fingerprint density at radius 2 is 2.25 bits per heavy atom. The van der Waals surface area contributed by atoms with Gasteiger partial charge in [-0.05, 0) is 34.2 Å². The van der Waals surface area contributed by atoms with Crippen LogP contribution >= 0.6 is 34.2 Å². The molecule has 1 aromatic rings. The zero-order valence-electron chi connectivity index (χ0n) is 7.88. The summed E-state index contributed by atoms with van der Waals surface area (Å²) in [6, 6.07) is 1.43. The average Bonchev–Trinajstić information content (AvgIpc) is 2.14. The first kappa shape index (κ1) is 13.6. The van der Waals surface area contributed by atoms with Crippen LogP contribution in [0.3, 0.4) is 0 Å². The molecule has 0 saturated carbocycles. The average molecular weight is 362 g/mol. The summed E-state index contributed by atoms with van der Waals surface area (Å²) in [4.78, 5) is 14.3. The summed E-state index contributed by atoms with van der Waals surface area (Å²) in [5, 5.41) is 8.61. The van der Waals surface area contributed by atoms with E-state index in [9.17, 15) is 13.6 Å². The number of pyridine rings is 1. The highest BCUT2D eigenvalue weighted by molar-refractivity contribution is 14.1. The molecule has 0 amide bonds. The molecular formula is C9H7ClF2INO2. The number of aromatic nitrogens is 1. The highest BCUT2D eigenvalue weighted by atomic mass is 127. The van der Waals surface area contributed by atoms with E-state index in [4.69, 9.17) is 16.7 Å². The molecule has 0 unspecified atom stereocenters. The molecule has 0 aliphatic heterocycles. The summed E-state index contributed by atoms with van der Waals surface area (Å²) in [7, 11) is 0. The molecule has 0 saturated heterocycles. The molecule has 1 aromatic heterocycles. The predicted molar refractivity (Wildman–Crippen MR) is 62.8 cm³/mol. The van der Waals surface area contributed by atoms with Gasteiger partial charge in [0.05, 0.1) is 12.1 Å². The lowest BCUT2D eigenvalue weighted by Crippen LogP contribution is -2.10. The van der Waals surface area contributed by atoms with E-state index in [2.05, 4.69) is 4.98 Å². The topological polar surface area (TPSA) is 50.2 Å². The lowest BCUT2D eigenvalue weighted by molar-refractivity contribution is -0.136.